The van der Waals surface area contributed by atoms with Gasteiger partial charge in [0.1, 0.15) is 11.6 Å². The summed E-state index contributed by atoms with van der Waals surface area (Å²) < 4.78 is 3.36. The number of hydrogen-bond donors (Lipinski definition) is 1. The quantitative estimate of drug-likeness (QED) is 0.942. The zero-order valence-electron chi connectivity index (χ0n) is 10.9. The highest BCUT2D eigenvalue weighted by Gasteiger charge is 2.20. The number of nitrogens with zero attached hydrogens (tertiary/aromatic N) is 3. The molecule has 4 nitrogen and oxygen atoms in total. The van der Waals surface area contributed by atoms with Gasteiger partial charge in [0.2, 0.25) is 0 Å². The highest BCUT2D eigenvalue weighted by molar-refractivity contribution is 9.10. The molecular formula is C14H17BrN4. The van der Waals surface area contributed by atoms with Gasteiger partial charge < -0.3 is 9.88 Å². The fraction of sp³-hybridized carbons (Fsp3) is 0.429. The minimum atomic E-state index is 0.221. The lowest BCUT2D eigenvalue weighted by Gasteiger charge is -2.14. The molecule has 0 saturated carbocycles. The molecule has 1 aliphatic heterocycles. The van der Waals surface area contributed by atoms with Gasteiger partial charge in [0.15, 0.2) is 0 Å². The van der Waals surface area contributed by atoms with Crippen LogP contribution in [0.4, 0.5) is 0 Å². The first-order valence-electron chi connectivity index (χ1n) is 6.64. The van der Waals surface area contributed by atoms with E-state index in [0.717, 1.165) is 35.6 Å². The summed E-state index contributed by atoms with van der Waals surface area (Å²) >= 11 is 3.49. The fourth-order valence-electron chi connectivity index (χ4n) is 2.50. The van der Waals surface area contributed by atoms with Gasteiger partial charge in [-0.3, -0.25) is 0 Å². The lowest BCUT2D eigenvalue weighted by atomic mass is 10.2. The Morgan fingerprint density at radius 1 is 1.42 bits per heavy atom. The van der Waals surface area contributed by atoms with Gasteiger partial charge in [-0.2, -0.15) is 0 Å². The average Bonchev–Trinajstić information content (AvgIpc) is 2.98. The number of nitrogens with one attached hydrogen (secondary N) is 1. The zero-order chi connectivity index (χ0) is 13.2. The lowest BCUT2D eigenvalue weighted by Crippen LogP contribution is -2.21. The third kappa shape index (κ3) is 2.72. The monoisotopic (exact) mass is 320 g/mol. The van der Waals surface area contributed by atoms with Crippen LogP contribution in [-0.2, 0) is 19.5 Å². The lowest BCUT2D eigenvalue weighted by molar-refractivity contribution is 0.516. The second kappa shape index (κ2) is 5.43. The van der Waals surface area contributed by atoms with Crippen LogP contribution in [0.2, 0.25) is 0 Å². The summed E-state index contributed by atoms with van der Waals surface area (Å²) in [5, 5.41) is 12.1. The first-order valence-corrected chi connectivity index (χ1v) is 7.43. The molecule has 0 amide bonds. The Balaban J connectivity index is 1.66. The highest BCUT2D eigenvalue weighted by Crippen LogP contribution is 2.19. The predicted octanol–water partition coefficient (Wildman–Crippen LogP) is 2.84. The molecule has 1 N–H and O–H groups in total. The van der Waals surface area contributed by atoms with Gasteiger partial charge in [0, 0.05) is 24.0 Å². The van der Waals surface area contributed by atoms with Crippen LogP contribution < -0.4 is 5.32 Å². The molecule has 0 fully saturated rings. The Morgan fingerprint density at radius 2 is 2.32 bits per heavy atom. The van der Waals surface area contributed by atoms with Crippen molar-refractivity contribution in [3.05, 3.63) is 46.0 Å². The van der Waals surface area contributed by atoms with E-state index in [-0.39, 0.29) is 6.04 Å². The van der Waals surface area contributed by atoms with E-state index in [1.165, 1.54) is 12.0 Å². The number of aryl methyl sites for hydroxylation is 1. The molecule has 0 saturated heterocycles. The number of halogens is 1. The molecule has 19 heavy (non-hydrogen) atoms. The number of benzene rings is 1. The van der Waals surface area contributed by atoms with Crippen LogP contribution in [0.25, 0.3) is 0 Å². The van der Waals surface area contributed by atoms with Crippen LogP contribution in [0.5, 0.6) is 0 Å². The van der Waals surface area contributed by atoms with Gasteiger partial charge in [-0.05, 0) is 31.0 Å². The molecule has 5 heteroatoms. The van der Waals surface area contributed by atoms with Crippen LogP contribution in [0, 0.1) is 0 Å². The largest absolute Gasteiger partial charge is 0.314 e. The first kappa shape index (κ1) is 12.8. The van der Waals surface area contributed by atoms with Gasteiger partial charge >= 0.3 is 0 Å². The maximum atomic E-state index is 4.31. The van der Waals surface area contributed by atoms with Crippen LogP contribution in [-0.4, -0.2) is 14.8 Å². The summed E-state index contributed by atoms with van der Waals surface area (Å²) in [5.41, 5.74) is 1.27. The van der Waals surface area contributed by atoms with E-state index in [4.69, 9.17) is 0 Å². The summed E-state index contributed by atoms with van der Waals surface area (Å²) in [6.45, 7) is 4.04. The molecule has 3 rings (SSSR count). The van der Waals surface area contributed by atoms with Gasteiger partial charge in [-0.25, -0.2) is 0 Å². The summed E-state index contributed by atoms with van der Waals surface area (Å²) in [4.78, 5) is 0. The molecule has 1 aliphatic rings. The first-order chi connectivity index (χ1) is 9.24. The van der Waals surface area contributed by atoms with Crippen LogP contribution in [0.15, 0.2) is 28.7 Å². The van der Waals surface area contributed by atoms with E-state index < -0.39 is 0 Å². The molecule has 0 spiro atoms. The van der Waals surface area contributed by atoms with Crippen molar-refractivity contribution >= 4 is 15.9 Å². The van der Waals surface area contributed by atoms with Gasteiger partial charge in [-0.1, -0.05) is 28.1 Å². The van der Waals surface area contributed by atoms with Gasteiger partial charge in [0.25, 0.3) is 0 Å². The molecule has 1 aromatic carbocycles. The molecule has 1 aromatic heterocycles. The van der Waals surface area contributed by atoms with Crippen molar-refractivity contribution in [2.24, 2.45) is 0 Å². The van der Waals surface area contributed by atoms with Crippen molar-refractivity contribution in [2.45, 2.75) is 38.9 Å². The van der Waals surface area contributed by atoms with Crippen molar-refractivity contribution in [3.63, 3.8) is 0 Å². The summed E-state index contributed by atoms with van der Waals surface area (Å²) in [5.74, 6) is 2.19. The zero-order valence-corrected chi connectivity index (χ0v) is 12.5. The van der Waals surface area contributed by atoms with Crippen molar-refractivity contribution in [1.29, 1.82) is 0 Å². The standard InChI is InChI=1S/C14H17BrN4/c1-10(14-18-17-13-6-3-7-19(13)14)16-9-11-4-2-5-12(15)8-11/h2,4-5,8,10,16H,3,6-7,9H2,1H3. The van der Waals surface area contributed by atoms with Crippen LogP contribution in [0.1, 0.15) is 36.6 Å². The normalized spacial score (nSPS) is 15.5. The Bertz CT molecular complexity index is 579. The molecule has 0 radical (unpaired) electrons. The summed E-state index contributed by atoms with van der Waals surface area (Å²) in [7, 11) is 0. The van der Waals surface area contributed by atoms with Crippen molar-refractivity contribution in [2.75, 3.05) is 0 Å². The van der Waals surface area contributed by atoms with Crippen molar-refractivity contribution in [1.82, 2.24) is 20.1 Å². The molecule has 0 aliphatic carbocycles. The van der Waals surface area contributed by atoms with E-state index >= 15 is 0 Å². The van der Waals surface area contributed by atoms with Crippen molar-refractivity contribution in [3.8, 4) is 0 Å². The molecule has 2 heterocycles. The van der Waals surface area contributed by atoms with Crippen LogP contribution in [0.3, 0.4) is 0 Å². The summed E-state index contributed by atoms with van der Waals surface area (Å²) in [6.07, 6.45) is 2.25. The minimum Gasteiger partial charge on any atom is -0.314 e. The smallest absolute Gasteiger partial charge is 0.149 e. The molecule has 1 atom stereocenters. The molecule has 0 bridgehead atoms. The second-order valence-corrected chi connectivity index (χ2v) is 5.88. The van der Waals surface area contributed by atoms with E-state index in [9.17, 15) is 0 Å². The Labute approximate surface area is 121 Å². The second-order valence-electron chi connectivity index (χ2n) is 4.96. The van der Waals surface area contributed by atoms with E-state index in [0.29, 0.717) is 0 Å². The highest BCUT2D eigenvalue weighted by atomic mass is 79.9. The fourth-order valence-corrected chi connectivity index (χ4v) is 2.95. The Hall–Kier alpha value is -1.20. The topological polar surface area (TPSA) is 42.7 Å². The van der Waals surface area contributed by atoms with E-state index in [1.807, 2.05) is 6.07 Å². The number of aromatic nitrogens is 3. The third-order valence-electron chi connectivity index (χ3n) is 3.53. The number of fused-ring (bicyclic) bond motifs is 1. The molecule has 100 valence electrons. The Kier molecular flexibility index (Phi) is 3.66. The molecule has 1 unspecified atom stereocenters. The SMILES string of the molecule is CC(NCc1cccc(Br)c1)c1nnc2n1CCC2. The van der Waals surface area contributed by atoms with Crippen molar-refractivity contribution < 1.29 is 0 Å². The maximum absolute atomic E-state index is 4.31. The average molecular weight is 321 g/mol. The third-order valence-corrected chi connectivity index (χ3v) is 4.02. The number of rotatable bonds is 4. The molecular weight excluding hydrogens is 304 g/mol. The van der Waals surface area contributed by atoms with Gasteiger partial charge in [0.05, 0.1) is 6.04 Å². The van der Waals surface area contributed by atoms with Crippen LogP contribution >= 0.6 is 15.9 Å². The van der Waals surface area contributed by atoms with E-state index in [1.54, 1.807) is 0 Å². The predicted molar refractivity (Wildman–Crippen MR) is 77.7 cm³/mol. The van der Waals surface area contributed by atoms with Gasteiger partial charge in [-0.15, -0.1) is 10.2 Å². The number of hydrogen-bond acceptors (Lipinski definition) is 3. The summed E-state index contributed by atoms with van der Waals surface area (Å²) in [6, 6.07) is 8.57. The Morgan fingerprint density at radius 3 is 3.16 bits per heavy atom. The molecule has 2 aromatic rings. The van der Waals surface area contributed by atoms with E-state index in [2.05, 4.69) is 61.1 Å². The maximum Gasteiger partial charge on any atom is 0.149 e. The minimum absolute atomic E-state index is 0.221.